The van der Waals surface area contributed by atoms with Crippen molar-refractivity contribution in [2.75, 3.05) is 5.73 Å². The Morgan fingerprint density at radius 3 is 2.62 bits per heavy atom. The first kappa shape index (κ1) is 10.2. The fraction of sp³-hybridized carbons (Fsp3) is 0.571. The van der Waals surface area contributed by atoms with Crippen LogP contribution in [0, 0.1) is 5.92 Å². The van der Waals surface area contributed by atoms with Gasteiger partial charge in [0.05, 0.1) is 0 Å². The van der Waals surface area contributed by atoms with Crippen LogP contribution in [0.3, 0.4) is 0 Å². The molecular formula is C14H20N2. The molecule has 86 valence electrons. The van der Waals surface area contributed by atoms with Crippen molar-refractivity contribution in [3.8, 4) is 0 Å². The van der Waals surface area contributed by atoms with E-state index in [0.29, 0.717) is 5.54 Å². The van der Waals surface area contributed by atoms with E-state index in [1.807, 2.05) is 6.07 Å². The molecule has 2 N–H and O–H groups in total. The molecule has 0 saturated heterocycles. The molecule has 0 bridgehead atoms. The van der Waals surface area contributed by atoms with Crippen LogP contribution >= 0.6 is 0 Å². The molecule has 2 nitrogen and oxygen atoms in total. The van der Waals surface area contributed by atoms with E-state index in [4.69, 9.17) is 5.73 Å². The van der Waals surface area contributed by atoms with Crippen LogP contribution in [0.25, 0.3) is 0 Å². The SMILES string of the molecule is CC(C)(C1CC1)N1Cc2cccc(N)c2C1. The maximum Gasteiger partial charge on any atom is 0.0363 e. The third-order valence-corrected chi connectivity index (χ3v) is 4.41. The lowest BCUT2D eigenvalue weighted by Crippen LogP contribution is -2.42. The largest absolute Gasteiger partial charge is 0.398 e. The highest BCUT2D eigenvalue weighted by Crippen LogP contribution is 2.45. The first-order valence-electron chi connectivity index (χ1n) is 6.20. The Hall–Kier alpha value is -1.02. The molecule has 3 rings (SSSR count). The molecule has 0 aromatic heterocycles. The second kappa shape index (κ2) is 3.24. The van der Waals surface area contributed by atoms with E-state index in [0.717, 1.165) is 24.7 Å². The monoisotopic (exact) mass is 216 g/mol. The Morgan fingerprint density at radius 1 is 1.25 bits per heavy atom. The molecule has 1 fully saturated rings. The number of nitrogens with zero attached hydrogens (tertiary/aromatic N) is 1. The fourth-order valence-electron chi connectivity index (χ4n) is 2.90. The number of anilines is 1. The third-order valence-electron chi connectivity index (χ3n) is 4.41. The molecule has 1 aromatic rings. The van der Waals surface area contributed by atoms with Gasteiger partial charge in [-0.25, -0.2) is 0 Å². The summed E-state index contributed by atoms with van der Waals surface area (Å²) < 4.78 is 0. The van der Waals surface area contributed by atoms with Crippen molar-refractivity contribution < 1.29 is 0 Å². The predicted molar refractivity (Wildman–Crippen MR) is 66.9 cm³/mol. The van der Waals surface area contributed by atoms with Crippen molar-refractivity contribution >= 4 is 5.69 Å². The molecule has 0 atom stereocenters. The highest BCUT2D eigenvalue weighted by atomic mass is 15.2. The lowest BCUT2D eigenvalue weighted by molar-refractivity contribution is 0.0968. The van der Waals surface area contributed by atoms with Gasteiger partial charge in [-0.15, -0.1) is 0 Å². The molecule has 0 spiro atoms. The average molecular weight is 216 g/mol. The van der Waals surface area contributed by atoms with Crippen LogP contribution in [0.2, 0.25) is 0 Å². The lowest BCUT2D eigenvalue weighted by Gasteiger charge is -2.35. The van der Waals surface area contributed by atoms with Gasteiger partial charge < -0.3 is 5.73 Å². The molecule has 0 radical (unpaired) electrons. The molecule has 2 aliphatic rings. The molecule has 0 amide bonds. The molecule has 1 heterocycles. The average Bonchev–Trinajstić information content (AvgIpc) is 2.99. The Bertz CT molecular complexity index is 419. The molecule has 1 aliphatic carbocycles. The highest BCUT2D eigenvalue weighted by molar-refractivity contribution is 5.52. The highest BCUT2D eigenvalue weighted by Gasteiger charge is 2.43. The number of nitrogens with two attached hydrogens (primary N) is 1. The Labute approximate surface area is 97.4 Å². The lowest BCUT2D eigenvalue weighted by atomic mass is 9.96. The minimum Gasteiger partial charge on any atom is -0.398 e. The number of nitrogen functional groups attached to an aromatic ring is 1. The Balaban J connectivity index is 1.87. The van der Waals surface area contributed by atoms with Crippen molar-refractivity contribution in [1.82, 2.24) is 4.90 Å². The molecule has 0 unspecified atom stereocenters. The fourth-order valence-corrected chi connectivity index (χ4v) is 2.90. The predicted octanol–water partition coefficient (Wildman–Crippen LogP) is 2.77. The van der Waals surface area contributed by atoms with Crippen molar-refractivity contribution in [2.45, 2.75) is 45.3 Å². The second-order valence-corrected chi connectivity index (χ2v) is 5.77. The second-order valence-electron chi connectivity index (χ2n) is 5.77. The van der Waals surface area contributed by atoms with Gasteiger partial charge in [-0.2, -0.15) is 0 Å². The van der Waals surface area contributed by atoms with E-state index >= 15 is 0 Å². The zero-order valence-electron chi connectivity index (χ0n) is 10.2. The summed E-state index contributed by atoms with van der Waals surface area (Å²) >= 11 is 0. The van der Waals surface area contributed by atoms with Gasteiger partial charge in [0.15, 0.2) is 0 Å². The normalized spacial score (nSPS) is 21.1. The summed E-state index contributed by atoms with van der Waals surface area (Å²) in [7, 11) is 0. The number of rotatable bonds is 2. The maximum absolute atomic E-state index is 6.04. The van der Waals surface area contributed by atoms with Gasteiger partial charge in [-0.1, -0.05) is 12.1 Å². The van der Waals surface area contributed by atoms with Crippen LogP contribution in [0.5, 0.6) is 0 Å². The van der Waals surface area contributed by atoms with Crippen LogP contribution in [0.1, 0.15) is 37.8 Å². The van der Waals surface area contributed by atoms with E-state index in [2.05, 4.69) is 30.9 Å². The minimum absolute atomic E-state index is 0.339. The van der Waals surface area contributed by atoms with Crippen LogP contribution < -0.4 is 5.73 Å². The quantitative estimate of drug-likeness (QED) is 0.770. The van der Waals surface area contributed by atoms with E-state index in [1.54, 1.807) is 0 Å². The molecule has 1 saturated carbocycles. The van der Waals surface area contributed by atoms with Crippen LogP contribution in [0.4, 0.5) is 5.69 Å². The summed E-state index contributed by atoms with van der Waals surface area (Å²) in [5.41, 5.74) is 10.1. The summed E-state index contributed by atoms with van der Waals surface area (Å²) in [5.74, 6) is 0.892. The van der Waals surface area contributed by atoms with Crippen LogP contribution in [-0.2, 0) is 13.1 Å². The van der Waals surface area contributed by atoms with Crippen molar-refractivity contribution in [3.05, 3.63) is 29.3 Å². The number of fused-ring (bicyclic) bond motifs is 1. The first-order valence-corrected chi connectivity index (χ1v) is 6.20. The zero-order chi connectivity index (χ0) is 11.3. The molecule has 1 aromatic carbocycles. The smallest absolute Gasteiger partial charge is 0.0363 e. The van der Waals surface area contributed by atoms with Gasteiger partial charge in [0, 0.05) is 24.3 Å². The maximum atomic E-state index is 6.04. The summed E-state index contributed by atoms with van der Waals surface area (Å²) in [4.78, 5) is 2.59. The standard InChI is InChI=1S/C14H20N2/c1-14(2,11-6-7-11)16-8-10-4-3-5-13(15)12(10)9-16/h3-5,11H,6-9,15H2,1-2H3. The summed E-state index contributed by atoms with van der Waals surface area (Å²) in [5, 5.41) is 0. The van der Waals surface area contributed by atoms with E-state index in [9.17, 15) is 0 Å². The summed E-state index contributed by atoms with van der Waals surface area (Å²) in [6, 6.07) is 6.31. The Morgan fingerprint density at radius 2 is 2.00 bits per heavy atom. The topological polar surface area (TPSA) is 29.3 Å². The minimum atomic E-state index is 0.339. The van der Waals surface area contributed by atoms with Gasteiger partial charge in [0.1, 0.15) is 0 Å². The first-order chi connectivity index (χ1) is 7.59. The summed E-state index contributed by atoms with van der Waals surface area (Å²) in [6.45, 7) is 6.87. The van der Waals surface area contributed by atoms with Gasteiger partial charge >= 0.3 is 0 Å². The molecule has 2 heteroatoms. The van der Waals surface area contributed by atoms with Crippen molar-refractivity contribution in [3.63, 3.8) is 0 Å². The Kier molecular flexibility index (Phi) is 2.05. The van der Waals surface area contributed by atoms with Gasteiger partial charge in [-0.05, 0) is 49.8 Å². The number of benzene rings is 1. The van der Waals surface area contributed by atoms with Crippen LogP contribution in [-0.4, -0.2) is 10.4 Å². The summed E-state index contributed by atoms with van der Waals surface area (Å²) in [6.07, 6.45) is 2.80. The van der Waals surface area contributed by atoms with E-state index < -0.39 is 0 Å². The van der Waals surface area contributed by atoms with Gasteiger partial charge in [0.2, 0.25) is 0 Å². The van der Waals surface area contributed by atoms with E-state index in [1.165, 1.54) is 24.0 Å². The van der Waals surface area contributed by atoms with Gasteiger partial charge in [-0.3, -0.25) is 4.90 Å². The van der Waals surface area contributed by atoms with Crippen LogP contribution in [0.15, 0.2) is 18.2 Å². The zero-order valence-corrected chi connectivity index (χ0v) is 10.2. The molecule has 16 heavy (non-hydrogen) atoms. The van der Waals surface area contributed by atoms with Gasteiger partial charge in [0.25, 0.3) is 0 Å². The van der Waals surface area contributed by atoms with Crippen molar-refractivity contribution in [1.29, 1.82) is 0 Å². The van der Waals surface area contributed by atoms with Crippen molar-refractivity contribution in [2.24, 2.45) is 5.92 Å². The number of hydrogen-bond acceptors (Lipinski definition) is 2. The molecule has 1 aliphatic heterocycles. The van der Waals surface area contributed by atoms with E-state index in [-0.39, 0.29) is 0 Å². The number of hydrogen-bond donors (Lipinski definition) is 1. The third kappa shape index (κ3) is 1.44. The molecular weight excluding hydrogens is 196 g/mol.